The van der Waals surface area contributed by atoms with Crippen LogP contribution in [0.4, 0.5) is 0 Å². The highest BCUT2D eigenvalue weighted by molar-refractivity contribution is 5.77. The fraction of sp³-hybridized carbons (Fsp3) is 0.500. The van der Waals surface area contributed by atoms with Crippen LogP contribution in [0.5, 0.6) is 0 Å². The first kappa shape index (κ1) is 20.3. The number of benzene rings is 2. The molecule has 3 heteroatoms. The second-order valence-corrected chi connectivity index (χ2v) is 9.44. The SMILES string of the molecule is C[C@@H]1CC[C@@H]2[C@@H](C1)O[C@@H](Cc1ccccc1C=O)N(Cc1ccccc1)C2(C)C. The molecule has 0 amide bonds. The van der Waals surface area contributed by atoms with E-state index >= 15 is 0 Å². The van der Waals surface area contributed by atoms with Crippen molar-refractivity contribution in [2.24, 2.45) is 11.8 Å². The molecule has 4 atom stereocenters. The molecule has 0 spiro atoms. The van der Waals surface area contributed by atoms with Gasteiger partial charge < -0.3 is 4.74 Å². The third-order valence-electron chi connectivity index (χ3n) is 7.15. The number of hydrogen-bond acceptors (Lipinski definition) is 3. The molecular weight excluding hydrogens is 358 g/mol. The molecule has 4 rings (SSSR count). The van der Waals surface area contributed by atoms with Gasteiger partial charge in [-0.3, -0.25) is 9.69 Å². The molecule has 2 aromatic carbocycles. The van der Waals surface area contributed by atoms with Gasteiger partial charge in [-0.2, -0.15) is 0 Å². The molecule has 3 nitrogen and oxygen atoms in total. The van der Waals surface area contributed by atoms with E-state index in [9.17, 15) is 4.79 Å². The van der Waals surface area contributed by atoms with Gasteiger partial charge in [0.2, 0.25) is 0 Å². The molecule has 29 heavy (non-hydrogen) atoms. The molecule has 1 saturated carbocycles. The van der Waals surface area contributed by atoms with E-state index in [0.29, 0.717) is 12.0 Å². The van der Waals surface area contributed by atoms with E-state index in [0.717, 1.165) is 42.7 Å². The lowest BCUT2D eigenvalue weighted by Gasteiger charge is -2.57. The quantitative estimate of drug-likeness (QED) is 0.632. The van der Waals surface area contributed by atoms with Gasteiger partial charge in [-0.1, -0.05) is 67.9 Å². The largest absolute Gasteiger partial charge is 0.359 e. The zero-order valence-electron chi connectivity index (χ0n) is 17.9. The highest BCUT2D eigenvalue weighted by Crippen LogP contribution is 2.46. The molecule has 1 heterocycles. The molecule has 0 radical (unpaired) electrons. The summed E-state index contributed by atoms with van der Waals surface area (Å²) in [5.41, 5.74) is 3.19. The summed E-state index contributed by atoms with van der Waals surface area (Å²) in [4.78, 5) is 14.1. The van der Waals surface area contributed by atoms with Gasteiger partial charge >= 0.3 is 0 Å². The van der Waals surface area contributed by atoms with Gasteiger partial charge in [-0.25, -0.2) is 0 Å². The summed E-state index contributed by atoms with van der Waals surface area (Å²) in [5.74, 6) is 1.26. The summed E-state index contributed by atoms with van der Waals surface area (Å²) in [6.45, 7) is 8.00. The molecule has 0 unspecified atom stereocenters. The number of aldehydes is 1. The van der Waals surface area contributed by atoms with Gasteiger partial charge in [0, 0.05) is 30.0 Å². The van der Waals surface area contributed by atoms with Crippen molar-refractivity contribution in [1.29, 1.82) is 0 Å². The Morgan fingerprint density at radius 1 is 1.07 bits per heavy atom. The van der Waals surface area contributed by atoms with Crippen molar-refractivity contribution in [3.8, 4) is 0 Å². The lowest BCUT2D eigenvalue weighted by atomic mass is 9.69. The smallest absolute Gasteiger partial charge is 0.150 e. The Labute approximate surface area is 175 Å². The van der Waals surface area contributed by atoms with Crippen molar-refractivity contribution in [3.63, 3.8) is 0 Å². The predicted molar refractivity (Wildman–Crippen MR) is 117 cm³/mol. The molecule has 1 saturated heterocycles. The summed E-state index contributed by atoms with van der Waals surface area (Å²) < 4.78 is 6.79. The molecule has 2 fully saturated rings. The van der Waals surface area contributed by atoms with Crippen LogP contribution in [-0.2, 0) is 17.7 Å². The first-order chi connectivity index (χ1) is 14.0. The normalized spacial score (nSPS) is 29.2. The minimum atomic E-state index is -0.0298. The van der Waals surface area contributed by atoms with Crippen LogP contribution in [0.2, 0.25) is 0 Å². The van der Waals surface area contributed by atoms with Crippen LogP contribution >= 0.6 is 0 Å². The van der Waals surface area contributed by atoms with Crippen molar-refractivity contribution in [3.05, 3.63) is 71.3 Å². The Balaban J connectivity index is 1.67. The van der Waals surface area contributed by atoms with Crippen LogP contribution in [0.15, 0.2) is 54.6 Å². The van der Waals surface area contributed by atoms with E-state index in [1.807, 2.05) is 18.2 Å². The van der Waals surface area contributed by atoms with E-state index in [1.54, 1.807) is 0 Å². The van der Waals surface area contributed by atoms with E-state index in [2.05, 4.69) is 62.1 Å². The molecule has 154 valence electrons. The van der Waals surface area contributed by atoms with Crippen LogP contribution in [0.25, 0.3) is 0 Å². The maximum Gasteiger partial charge on any atom is 0.150 e. The summed E-state index contributed by atoms with van der Waals surface area (Å²) in [6, 6.07) is 18.6. The first-order valence-electron chi connectivity index (χ1n) is 11.0. The van der Waals surface area contributed by atoms with Gasteiger partial charge in [-0.15, -0.1) is 0 Å². The van der Waals surface area contributed by atoms with Crippen molar-refractivity contribution in [2.45, 2.75) is 70.9 Å². The molecule has 2 aliphatic rings. The highest BCUT2D eigenvalue weighted by Gasteiger charge is 2.50. The maximum absolute atomic E-state index is 11.6. The number of fused-ring (bicyclic) bond motifs is 1. The Bertz CT molecular complexity index is 832. The zero-order valence-corrected chi connectivity index (χ0v) is 17.9. The Kier molecular flexibility index (Phi) is 5.89. The van der Waals surface area contributed by atoms with Crippen LogP contribution in [0.3, 0.4) is 0 Å². The average molecular weight is 392 g/mol. The van der Waals surface area contributed by atoms with Crippen molar-refractivity contribution < 1.29 is 9.53 Å². The minimum Gasteiger partial charge on any atom is -0.359 e. The van der Waals surface area contributed by atoms with Crippen LogP contribution < -0.4 is 0 Å². The second-order valence-electron chi connectivity index (χ2n) is 9.44. The Hall–Kier alpha value is -1.97. The molecular formula is C26H33NO2. The van der Waals surface area contributed by atoms with E-state index in [-0.39, 0.29) is 11.8 Å². The molecule has 0 N–H and O–H groups in total. The third kappa shape index (κ3) is 4.17. The number of carbonyl (C=O) groups is 1. The van der Waals surface area contributed by atoms with E-state index in [1.165, 1.54) is 18.4 Å². The van der Waals surface area contributed by atoms with Crippen molar-refractivity contribution in [1.82, 2.24) is 4.90 Å². The average Bonchev–Trinajstić information content (AvgIpc) is 2.72. The topological polar surface area (TPSA) is 29.5 Å². The van der Waals surface area contributed by atoms with Gasteiger partial charge in [-0.05, 0) is 43.7 Å². The van der Waals surface area contributed by atoms with Crippen molar-refractivity contribution in [2.75, 3.05) is 0 Å². The fourth-order valence-corrected chi connectivity index (χ4v) is 5.41. The maximum atomic E-state index is 11.6. The van der Waals surface area contributed by atoms with Crippen LogP contribution in [0, 0.1) is 11.8 Å². The Morgan fingerprint density at radius 2 is 1.79 bits per heavy atom. The molecule has 1 aliphatic heterocycles. The van der Waals surface area contributed by atoms with Gasteiger partial charge in [0.25, 0.3) is 0 Å². The van der Waals surface area contributed by atoms with Crippen LogP contribution in [-0.4, -0.2) is 29.1 Å². The Morgan fingerprint density at radius 3 is 2.55 bits per heavy atom. The predicted octanol–water partition coefficient (Wildman–Crippen LogP) is 5.48. The first-order valence-corrected chi connectivity index (χ1v) is 11.0. The number of hydrogen-bond donors (Lipinski definition) is 0. The fourth-order valence-electron chi connectivity index (χ4n) is 5.41. The number of ether oxygens (including phenoxy) is 1. The second kappa shape index (κ2) is 8.41. The molecule has 2 aromatic rings. The van der Waals surface area contributed by atoms with Crippen molar-refractivity contribution >= 4 is 6.29 Å². The standard InChI is InChI=1S/C26H33NO2/c1-19-13-14-23-24(15-19)29-25(16-21-11-7-8-12-22(21)18-28)27(26(23,2)3)17-20-9-5-4-6-10-20/h4-12,18-19,23-25H,13-17H2,1-3H3/t19-,23-,24-,25+/m1/s1. The number of carbonyl (C=O) groups excluding carboxylic acids is 1. The lowest BCUT2D eigenvalue weighted by molar-refractivity contribution is -0.236. The highest BCUT2D eigenvalue weighted by atomic mass is 16.5. The van der Waals surface area contributed by atoms with E-state index < -0.39 is 0 Å². The summed E-state index contributed by atoms with van der Waals surface area (Å²) in [6.07, 6.45) is 5.62. The minimum absolute atomic E-state index is 0.0298. The van der Waals surface area contributed by atoms with Gasteiger partial charge in [0.15, 0.2) is 0 Å². The molecule has 1 aliphatic carbocycles. The van der Waals surface area contributed by atoms with Gasteiger partial charge in [0.05, 0.1) is 6.10 Å². The number of nitrogens with zero attached hydrogens (tertiary/aromatic N) is 1. The number of rotatable bonds is 5. The monoisotopic (exact) mass is 391 g/mol. The van der Waals surface area contributed by atoms with E-state index in [4.69, 9.17) is 4.74 Å². The third-order valence-corrected chi connectivity index (χ3v) is 7.15. The van der Waals surface area contributed by atoms with Crippen LogP contribution in [0.1, 0.15) is 61.5 Å². The molecule has 0 aromatic heterocycles. The lowest BCUT2D eigenvalue weighted by Crippen LogP contribution is -2.64. The summed E-state index contributed by atoms with van der Waals surface area (Å²) >= 11 is 0. The zero-order chi connectivity index (χ0) is 20.4. The summed E-state index contributed by atoms with van der Waals surface area (Å²) in [7, 11) is 0. The summed E-state index contributed by atoms with van der Waals surface area (Å²) in [5, 5.41) is 0. The van der Waals surface area contributed by atoms with Gasteiger partial charge in [0.1, 0.15) is 12.5 Å². The molecule has 0 bridgehead atoms.